The van der Waals surface area contributed by atoms with Gasteiger partial charge in [-0.3, -0.25) is 0 Å². The Hall–Kier alpha value is -3.65. The molecule has 5 heteroatoms. The molecular formula is C20H14N2O3. The summed E-state index contributed by atoms with van der Waals surface area (Å²) >= 11 is 0. The smallest absolute Gasteiger partial charge is 0.331 e. The number of esters is 1. The van der Waals surface area contributed by atoms with Gasteiger partial charge in [0.1, 0.15) is 12.3 Å². The molecule has 25 heavy (non-hydrogen) atoms. The molecule has 0 saturated carbocycles. The van der Waals surface area contributed by atoms with Gasteiger partial charge in [0.2, 0.25) is 0 Å². The molecule has 3 aromatic rings. The predicted molar refractivity (Wildman–Crippen MR) is 91.9 cm³/mol. The van der Waals surface area contributed by atoms with Crippen molar-refractivity contribution in [3.63, 3.8) is 0 Å². The van der Waals surface area contributed by atoms with Crippen molar-refractivity contribution in [2.75, 3.05) is 0 Å². The van der Waals surface area contributed by atoms with Crippen LogP contribution in [0.25, 0.3) is 17.4 Å². The highest BCUT2D eigenvalue weighted by molar-refractivity contribution is 5.87. The lowest BCUT2D eigenvalue weighted by Crippen LogP contribution is -2.00. The van der Waals surface area contributed by atoms with Gasteiger partial charge in [-0.15, -0.1) is 0 Å². The number of rotatable bonds is 5. The van der Waals surface area contributed by atoms with Crippen LogP contribution in [0.15, 0.2) is 71.3 Å². The number of nitriles is 1. The van der Waals surface area contributed by atoms with Crippen LogP contribution in [-0.2, 0) is 16.1 Å². The Morgan fingerprint density at radius 3 is 2.64 bits per heavy atom. The Kier molecular flexibility index (Phi) is 5.03. The topological polar surface area (TPSA) is 76.1 Å². The van der Waals surface area contributed by atoms with E-state index in [0.29, 0.717) is 17.0 Å². The van der Waals surface area contributed by atoms with Gasteiger partial charge in [-0.2, -0.15) is 5.26 Å². The highest BCUT2D eigenvalue weighted by atomic mass is 16.5. The van der Waals surface area contributed by atoms with Crippen LogP contribution in [0.3, 0.4) is 0 Å². The zero-order valence-electron chi connectivity index (χ0n) is 13.3. The number of carbonyl (C=O) groups excluding carboxylic acids is 1. The van der Waals surface area contributed by atoms with Crippen LogP contribution >= 0.6 is 0 Å². The molecule has 0 aliphatic rings. The fraction of sp³-hybridized carbons (Fsp3) is 0.0500. The van der Waals surface area contributed by atoms with Crippen LogP contribution in [0.4, 0.5) is 0 Å². The van der Waals surface area contributed by atoms with E-state index < -0.39 is 5.97 Å². The van der Waals surface area contributed by atoms with E-state index in [9.17, 15) is 4.79 Å². The van der Waals surface area contributed by atoms with E-state index in [1.54, 1.807) is 36.4 Å². The van der Waals surface area contributed by atoms with Crippen molar-refractivity contribution >= 4 is 12.0 Å². The summed E-state index contributed by atoms with van der Waals surface area (Å²) in [5.74, 6) is 0.147. The minimum atomic E-state index is -0.478. The van der Waals surface area contributed by atoms with Gasteiger partial charge in [0, 0.05) is 17.7 Å². The SMILES string of the molecule is N#Cc1ccc(/C=C/C(=O)OCc2cc(-c3ccccc3)on2)cc1. The first kappa shape index (κ1) is 16.2. The summed E-state index contributed by atoms with van der Waals surface area (Å²) in [5.41, 5.74) is 2.83. The van der Waals surface area contributed by atoms with Crippen LogP contribution in [0, 0.1) is 11.3 Å². The molecule has 3 rings (SSSR count). The number of hydrogen-bond acceptors (Lipinski definition) is 5. The highest BCUT2D eigenvalue weighted by Crippen LogP contribution is 2.20. The van der Waals surface area contributed by atoms with Gasteiger partial charge < -0.3 is 9.26 Å². The number of aromatic nitrogens is 1. The minimum Gasteiger partial charge on any atom is -0.456 e. The maximum absolute atomic E-state index is 11.8. The third-order valence-electron chi connectivity index (χ3n) is 3.43. The van der Waals surface area contributed by atoms with Crippen molar-refractivity contribution in [1.29, 1.82) is 5.26 Å². The van der Waals surface area contributed by atoms with Crippen molar-refractivity contribution < 1.29 is 14.1 Å². The van der Waals surface area contributed by atoms with Gasteiger partial charge in [-0.1, -0.05) is 47.6 Å². The molecule has 0 bridgehead atoms. The Balaban J connectivity index is 1.54. The summed E-state index contributed by atoms with van der Waals surface area (Å²) in [6.07, 6.45) is 2.96. The van der Waals surface area contributed by atoms with E-state index in [1.807, 2.05) is 36.4 Å². The normalized spacial score (nSPS) is 10.5. The summed E-state index contributed by atoms with van der Waals surface area (Å²) in [6.45, 7) is 0.0346. The number of hydrogen-bond donors (Lipinski definition) is 0. The fourth-order valence-corrected chi connectivity index (χ4v) is 2.14. The molecule has 2 aromatic carbocycles. The van der Waals surface area contributed by atoms with Gasteiger partial charge in [0.15, 0.2) is 5.76 Å². The second kappa shape index (κ2) is 7.75. The fourth-order valence-electron chi connectivity index (χ4n) is 2.14. The standard InChI is InChI=1S/C20H14N2O3/c21-13-16-8-6-15(7-9-16)10-11-20(23)24-14-18-12-19(25-22-18)17-4-2-1-3-5-17/h1-12H,14H2/b11-10+. The number of benzene rings is 2. The lowest BCUT2D eigenvalue weighted by molar-refractivity contribution is -0.139. The zero-order chi connectivity index (χ0) is 17.5. The van der Waals surface area contributed by atoms with E-state index in [4.69, 9.17) is 14.5 Å². The highest BCUT2D eigenvalue weighted by Gasteiger charge is 2.08. The van der Waals surface area contributed by atoms with Crippen molar-refractivity contribution in [1.82, 2.24) is 5.16 Å². The molecule has 122 valence electrons. The molecule has 1 heterocycles. The average Bonchev–Trinajstić information content (AvgIpc) is 3.15. The van der Waals surface area contributed by atoms with E-state index >= 15 is 0 Å². The molecular weight excluding hydrogens is 316 g/mol. The predicted octanol–water partition coefficient (Wildman–Crippen LogP) is 3.97. The van der Waals surface area contributed by atoms with Gasteiger partial charge in [-0.25, -0.2) is 4.79 Å². The van der Waals surface area contributed by atoms with Gasteiger partial charge in [0.25, 0.3) is 0 Å². The van der Waals surface area contributed by atoms with E-state index in [1.165, 1.54) is 6.08 Å². The third-order valence-corrected chi connectivity index (χ3v) is 3.43. The van der Waals surface area contributed by atoms with Crippen LogP contribution in [0.5, 0.6) is 0 Å². The molecule has 0 spiro atoms. The summed E-state index contributed by atoms with van der Waals surface area (Å²) in [7, 11) is 0. The van der Waals surface area contributed by atoms with Crippen molar-refractivity contribution in [2.45, 2.75) is 6.61 Å². The quantitative estimate of drug-likeness (QED) is 0.522. The van der Waals surface area contributed by atoms with Crippen LogP contribution in [-0.4, -0.2) is 11.1 Å². The lowest BCUT2D eigenvalue weighted by atomic mass is 10.1. The molecule has 0 saturated heterocycles. The third kappa shape index (κ3) is 4.43. The van der Waals surface area contributed by atoms with E-state index in [0.717, 1.165) is 11.1 Å². The van der Waals surface area contributed by atoms with E-state index in [2.05, 4.69) is 5.16 Å². The van der Waals surface area contributed by atoms with Gasteiger partial charge in [-0.05, 0) is 23.8 Å². The average molecular weight is 330 g/mol. The molecule has 0 aliphatic heterocycles. The first-order valence-corrected chi connectivity index (χ1v) is 7.60. The maximum Gasteiger partial charge on any atom is 0.331 e. The molecule has 0 N–H and O–H groups in total. The molecule has 0 atom stereocenters. The van der Waals surface area contributed by atoms with Gasteiger partial charge in [0.05, 0.1) is 11.6 Å². The Morgan fingerprint density at radius 1 is 1.16 bits per heavy atom. The van der Waals surface area contributed by atoms with Crippen LogP contribution < -0.4 is 0 Å². The maximum atomic E-state index is 11.8. The number of nitrogens with zero attached hydrogens (tertiary/aromatic N) is 2. The molecule has 5 nitrogen and oxygen atoms in total. The Morgan fingerprint density at radius 2 is 1.92 bits per heavy atom. The first-order valence-electron chi connectivity index (χ1n) is 7.60. The van der Waals surface area contributed by atoms with Crippen LogP contribution in [0.1, 0.15) is 16.8 Å². The molecule has 0 aliphatic carbocycles. The lowest BCUT2D eigenvalue weighted by Gasteiger charge is -1.97. The first-order chi connectivity index (χ1) is 12.2. The number of carbonyl (C=O) groups is 1. The largest absolute Gasteiger partial charge is 0.456 e. The molecule has 0 radical (unpaired) electrons. The van der Waals surface area contributed by atoms with Crippen molar-refractivity contribution in [2.24, 2.45) is 0 Å². The minimum absolute atomic E-state index is 0.0346. The van der Waals surface area contributed by atoms with Crippen molar-refractivity contribution in [3.05, 3.63) is 83.6 Å². The summed E-state index contributed by atoms with van der Waals surface area (Å²) in [6, 6.07) is 20.2. The van der Waals surface area contributed by atoms with Crippen molar-refractivity contribution in [3.8, 4) is 17.4 Å². The second-order valence-electron chi connectivity index (χ2n) is 5.22. The molecule has 0 fully saturated rings. The Labute approximate surface area is 144 Å². The summed E-state index contributed by atoms with van der Waals surface area (Å²) in [4.78, 5) is 11.8. The molecule has 1 aromatic heterocycles. The Bertz CT molecular complexity index is 920. The zero-order valence-corrected chi connectivity index (χ0v) is 13.3. The molecule has 0 amide bonds. The summed E-state index contributed by atoms with van der Waals surface area (Å²) < 4.78 is 10.4. The van der Waals surface area contributed by atoms with Gasteiger partial charge >= 0.3 is 5.97 Å². The second-order valence-corrected chi connectivity index (χ2v) is 5.22. The number of ether oxygens (including phenoxy) is 1. The van der Waals surface area contributed by atoms with Crippen LogP contribution in [0.2, 0.25) is 0 Å². The molecule has 0 unspecified atom stereocenters. The monoisotopic (exact) mass is 330 g/mol. The van der Waals surface area contributed by atoms with E-state index in [-0.39, 0.29) is 6.61 Å². The summed E-state index contributed by atoms with van der Waals surface area (Å²) in [5, 5.41) is 12.6.